The number of fused-ring (bicyclic) bond motifs is 1. The molecule has 23 heavy (non-hydrogen) atoms. The molecule has 0 saturated carbocycles. The minimum atomic E-state index is -0.175. The quantitative estimate of drug-likeness (QED) is 0.810. The Morgan fingerprint density at radius 1 is 1.30 bits per heavy atom. The fourth-order valence-electron chi connectivity index (χ4n) is 3.00. The molecule has 0 saturated heterocycles. The molecule has 0 atom stereocenters. The van der Waals surface area contributed by atoms with Crippen molar-refractivity contribution >= 4 is 11.5 Å². The van der Waals surface area contributed by atoms with E-state index >= 15 is 0 Å². The number of ketones is 1. The summed E-state index contributed by atoms with van der Waals surface area (Å²) < 4.78 is 5.32. The molecule has 3 rings (SSSR count). The van der Waals surface area contributed by atoms with E-state index in [4.69, 9.17) is 10.00 Å². The molecule has 0 unspecified atom stereocenters. The van der Waals surface area contributed by atoms with Crippen LogP contribution in [-0.2, 0) is 11.2 Å². The SMILES string of the molecule is COc1ccc2c(c1)/C(=C1\C=C(C#N)C=CC1=O)NC(C)(C)C2. The number of hydrogen-bond acceptors (Lipinski definition) is 4. The Morgan fingerprint density at radius 3 is 2.78 bits per heavy atom. The van der Waals surface area contributed by atoms with E-state index in [-0.39, 0.29) is 11.3 Å². The van der Waals surface area contributed by atoms with E-state index in [0.29, 0.717) is 11.1 Å². The molecule has 2 aliphatic rings. The summed E-state index contributed by atoms with van der Waals surface area (Å²) in [5.41, 5.74) is 3.69. The Kier molecular flexibility index (Phi) is 3.57. The van der Waals surface area contributed by atoms with Crippen molar-refractivity contribution in [2.75, 3.05) is 7.11 Å². The minimum Gasteiger partial charge on any atom is -0.497 e. The van der Waals surface area contributed by atoms with Gasteiger partial charge in [-0.25, -0.2) is 0 Å². The molecule has 0 amide bonds. The predicted octanol–water partition coefficient (Wildman–Crippen LogP) is 2.92. The fraction of sp³-hybridized carbons (Fsp3) is 0.263. The summed E-state index contributed by atoms with van der Waals surface area (Å²) in [7, 11) is 1.62. The van der Waals surface area contributed by atoms with Crippen molar-refractivity contribution in [1.82, 2.24) is 5.32 Å². The second-order valence-corrected chi connectivity index (χ2v) is 6.41. The number of ether oxygens (including phenoxy) is 1. The van der Waals surface area contributed by atoms with Crippen LogP contribution in [-0.4, -0.2) is 18.4 Å². The van der Waals surface area contributed by atoms with Gasteiger partial charge in [0, 0.05) is 16.7 Å². The van der Waals surface area contributed by atoms with Gasteiger partial charge in [0.2, 0.25) is 0 Å². The first-order valence-corrected chi connectivity index (χ1v) is 7.47. The monoisotopic (exact) mass is 306 g/mol. The standard InChI is InChI=1S/C19H18N2O2/c1-19(2)10-13-5-6-14(23-3)9-15(13)18(21-19)16-8-12(11-20)4-7-17(16)22/h4-9,21H,10H2,1-3H3/b18-16-. The van der Waals surface area contributed by atoms with Gasteiger partial charge in [-0.05, 0) is 56.2 Å². The van der Waals surface area contributed by atoms with Crippen molar-refractivity contribution < 1.29 is 9.53 Å². The maximum atomic E-state index is 12.4. The molecule has 0 fully saturated rings. The van der Waals surface area contributed by atoms with Crippen LogP contribution in [0.1, 0.15) is 25.0 Å². The summed E-state index contributed by atoms with van der Waals surface area (Å²) in [6.45, 7) is 4.19. The van der Waals surface area contributed by atoms with E-state index in [1.165, 1.54) is 6.08 Å². The Hall–Kier alpha value is -2.80. The van der Waals surface area contributed by atoms with Crippen LogP contribution < -0.4 is 10.1 Å². The van der Waals surface area contributed by atoms with Gasteiger partial charge < -0.3 is 10.1 Å². The number of methoxy groups -OCH3 is 1. The molecule has 1 aliphatic heterocycles. The summed E-state index contributed by atoms with van der Waals surface area (Å²) in [5.74, 6) is 0.643. The normalized spacial score (nSPS) is 21.8. The third-order valence-electron chi connectivity index (χ3n) is 4.06. The molecule has 1 aliphatic carbocycles. The number of nitrogens with one attached hydrogen (secondary N) is 1. The van der Waals surface area contributed by atoms with Crippen LogP contribution in [0.4, 0.5) is 0 Å². The molecule has 0 bridgehead atoms. The third kappa shape index (κ3) is 2.78. The number of carbonyl (C=O) groups excluding carboxylic acids is 1. The lowest BCUT2D eigenvalue weighted by molar-refractivity contribution is -0.111. The first kappa shape index (κ1) is 15.1. The molecule has 0 radical (unpaired) electrons. The van der Waals surface area contributed by atoms with Gasteiger partial charge in [-0.3, -0.25) is 4.79 Å². The zero-order valence-corrected chi connectivity index (χ0v) is 13.4. The number of rotatable bonds is 1. The van der Waals surface area contributed by atoms with Crippen molar-refractivity contribution in [3.63, 3.8) is 0 Å². The van der Waals surface area contributed by atoms with Gasteiger partial charge in [0.05, 0.1) is 24.4 Å². The van der Waals surface area contributed by atoms with Crippen LogP contribution in [0.25, 0.3) is 5.70 Å². The second-order valence-electron chi connectivity index (χ2n) is 6.41. The Bertz CT molecular complexity index is 820. The molecule has 4 nitrogen and oxygen atoms in total. The van der Waals surface area contributed by atoms with Crippen molar-refractivity contribution in [2.24, 2.45) is 0 Å². The molecule has 0 aromatic heterocycles. The van der Waals surface area contributed by atoms with E-state index in [9.17, 15) is 4.79 Å². The van der Waals surface area contributed by atoms with Crippen molar-refractivity contribution in [3.8, 4) is 11.8 Å². The molecule has 116 valence electrons. The third-order valence-corrected chi connectivity index (χ3v) is 4.06. The maximum Gasteiger partial charge on any atom is 0.188 e. The van der Waals surface area contributed by atoms with E-state index in [1.807, 2.05) is 18.2 Å². The highest BCUT2D eigenvalue weighted by atomic mass is 16.5. The van der Waals surface area contributed by atoms with Gasteiger partial charge >= 0.3 is 0 Å². The summed E-state index contributed by atoms with van der Waals surface area (Å²) >= 11 is 0. The number of allylic oxidation sites excluding steroid dienone is 5. The average Bonchev–Trinajstić information content (AvgIpc) is 2.53. The molecular formula is C19H18N2O2. The number of hydrogen-bond donors (Lipinski definition) is 1. The molecule has 1 aromatic rings. The number of carbonyl (C=O) groups is 1. The van der Waals surface area contributed by atoms with E-state index < -0.39 is 0 Å². The van der Waals surface area contributed by atoms with Crippen molar-refractivity contribution in [2.45, 2.75) is 25.8 Å². The Balaban J connectivity index is 2.25. The molecule has 4 heteroatoms. The van der Waals surface area contributed by atoms with E-state index in [2.05, 4.69) is 25.2 Å². The molecular weight excluding hydrogens is 288 g/mol. The number of nitriles is 1. The predicted molar refractivity (Wildman–Crippen MR) is 88.7 cm³/mol. The molecule has 0 spiro atoms. The minimum absolute atomic E-state index is 0.0991. The van der Waals surface area contributed by atoms with E-state index in [1.54, 1.807) is 19.3 Å². The highest BCUT2D eigenvalue weighted by Crippen LogP contribution is 2.35. The number of nitrogens with zero attached hydrogens (tertiary/aromatic N) is 1. The van der Waals surface area contributed by atoms with Gasteiger partial charge in [-0.2, -0.15) is 5.26 Å². The fourth-order valence-corrected chi connectivity index (χ4v) is 3.00. The highest BCUT2D eigenvalue weighted by Gasteiger charge is 2.31. The lowest BCUT2D eigenvalue weighted by Crippen LogP contribution is -2.44. The van der Waals surface area contributed by atoms with Gasteiger partial charge in [0.15, 0.2) is 5.78 Å². The van der Waals surface area contributed by atoms with Crippen molar-refractivity contribution in [1.29, 1.82) is 5.26 Å². The van der Waals surface area contributed by atoms with Gasteiger partial charge in [0.25, 0.3) is 0 Å². The highest BCUT2D eigenvalue weighted by molar-refractivity contribution is 6.13. The zero-order chi connectivity index (χ0) is 16.6. The first-order chi connectivity index (χ1) is 10.9. The van der Waals surface area contributed by atoms with Crippen molar-refractivity contribution in [3.05, 3.63) is 58.7 Å². The van der Waals surface area contributed by atoms with Crippen LogP contribution in [0.2, 0.25) is 0 Å². The summed E-state index contributed by atoms with van der Waals surface area (Å²) in [5, 5.41) is 12.6. The molecule has 1 heterocycles. The summed E-state index contributed by atoms with van der Waals surface area (Å²) in [6.07, 6.45) is 5.49. The van der Waals surface area contributed by atoms with E-state index in [0.717, 1.165) is 29.0 Å². The van der Waals surface area contributed by atoms with Crippen LogP contribution in [0.3, 0.4) is 0 Å². The zero-order valence-electron chi connectivity index (χ0n) is 13.4. The smallest absolute Gasteiger partial charge is 0.188 e. The Morgan fingerprint density at radius 2 is 2.09 bits per heavy atom. The summed E-state index contributed by atoms with van der Waals surface area (Å²) in [4.78, 5) is 12.4. The Labute approximate surface area is 135 Å². The maximum absolute atomic E-state index is 12.4. The number of benzene rings is 1. The summed E-state index contributed by atoms with van der Waals surface area (Å²) in [6, 6.07) is 8.00. The topological polar surface area (TPSA) is 62.1 Å². The van der Waals surface area contributed by atoms with Crippen LogP contribution >= 0.6 is 0 Å². The lowest BCUT2D eigenvalue weighted by Gasteiger charge is -2.36. The second kappa shape index (κ2) is 5.44. The molecule has 1 N–H and O–H groups in total. The van der Waals surface area contributed by atoms with Crippen LogP contribution in [0.5, 0.6) is 5.75 Å². The molecule has 1 aromatic carbocycles. The lowest BCUT2D eigenvalue weighted by atomic mass is 9.83. The van der Waals surface area contributed by atoms with Crippen LogP contribution in [0.15, 0.2) is 47.6 Å². The average molecular weight is 306 g/mol. The van der Waals surface area contributed by atoms with Gasteiger partial charge in [0.1, 0.15) is 5.75 Å². The first-order valence-electron chi connectivity index (χ1n) is 7.47. The largest absolute Gasteiger partial charge is 0.497 e. The van der Waals surface area contributed by atoms with Crippen LogP contribution in [0, 0.1) is 11.3 Å². The van der Waals surface area contributed by atoms with Gasteiger partial charge in [-0.15, -0.1) is 0 Å². The van der Waals surface area contributed by atoms with Gasteiger partial charge in [-0.1, -0.05) is 6.07 Å².